The van der Waals surface area contributed by atoms with Gasteiger partial charge in [-0.2, -0.15) is 0 Å². The van der Waals surface area contributed by atoms with E-state index < -0.39 is 0 Å². The Balaban J connectivity index is 2.89. The Kier molecular flexibility index (Phi) is 2.82. The third-order valence-electron chi connectivity index (χ3n) is 3.25. The van der Waals surface area contributed by atoms with Gasteiger partial charge in [-0.3, -0.25) is 4.79 Å². The van der Waals surface area contributed by atoms with Crippen LogP contribution in [0.3, 0.4) is 0 Å². The molecule has 0 atom stereocenters. The molecule has 0 N–H and O–H groups in total. The Labute approximate surface area is 102 Å². The van der Waals surface area contributed by atoms with Gasteiger partial charge in [0.2, 0.25) is 0 Å². The molecule has 0 aliphatic carbocycles. The van der Waals surface area contributed by atoms with Crippen LogP contribution in [0.4, 0.5) is 0 Å². The molecule has 1 aromatic carbocycles. The summed E-state index contributed by atoms with van der Waals surface area (Å²) in [6.45, 7) is 9.84. The fraction of sp³-hybridized carbons (Fsp3) is 0.400. The molecule has 0 fully saturated rings. The van der Waals surface area contributed by atoms with Crippen molar-refractivity contribution in [1.29, 1.82) is 0 Å². The summed E-state index contributed by atoms with van der Waals surface area (Å²) in [5, 5.41) is 1.12. The van der Waals surface area contributed by atoms with Crippen molar-refractivity contribution in [3.05, 3.63) is 34.6 Å². The lowest BCUT2D eigenvalue weighted by Gasteiger charge is -2.08. The van der Waals surface area contributed by atoms with Crippen LogP contribution in [0.5, 0.6) is 0 Å². The summed E-state index contributed by atoms with van der Waals surface area (Å²) < 4.78 is 5.73. The first-order chi connectivity index (χ1) is 7.93. The molecule has 2 nitrogen and oxygen atoms in total. The van der Waals surface area contributed by atoms with Crippen LogP contribution in [-0.4, -0.2) is 5.78 Å². The summed E-state index contributed by atoms with van der Waals surface area (Å²) in [5.41, 5.74) is 4.16. The maximum absolute atomic E-state index is 11.5. The Morgan fingerprint density at radius 2 is 1.88 bits per heavy atom. The number of fused-ring (bicyclic) bond motifs is 1. The predicted octanol–water partition coefficient (Wildman–Crippen LogP) is 4.38. The summed E-state index contributed by atoms with van der Waals surface area (Å²) >= 11 is 0. The number of furan rings is 1. The van der Waals surface area contributed by atoms with Crippen LogP contribution < -0.4 is 0 Å². The van der Waals surface area contributed by atoms with Crippen molar-refractivity contribution in [2.24, 2.45) is 0 Å². The number of benzene rings is 1. The van der Waals surface area contributed by atoms with Crippen LogP contribution >= 0.6 is 0 Å². The second-order valence-electron chi connectivity index (χ2n) is 4.94. The first-order valence-electron chi connectivity index (χ1n) is 5.97. The first kappa shape index (κ1) is 11.9. The molecular weight excluding hydrogens is 212 g/mol. The van der Waals surface area contributed by atoms with Gasteiger partial charge in [-0.1, -0.05) is 26.0 Å². The second-order valence-corrected chi connectivity index (χ2v) is 4.94. The molecule has 0 radical (unpaired) electrons. The van der Waals surface area contributed by atoms with Crippen molar-refractivity contribution < 1.29 is 9.21 Å². The molecule has 0 aliphatic rings. The van der Waals surface area contributed by atoms with Crippen LogP contribution in [0.2, 0.25) is 0 Å². The summed E-state index contributed by atoms with van der Waals surface area (Å²) in [4.78, 5) is 11.5. The zero-order valence-corrected chi connectivity index (χ0v) is 11.0. The van der Waals surface area contributed by atoms with Crippen LogP contribution in [0.15, 0.2) is 16.5 Å². The summed E-state index contributed by atoms with van der Waals surface area (Å²) in [6, 6.07) is 4.19. The molecule has 0 aliphatic heterocycles. The third kappa shape index (κ3) is 1.78. The van der Waals surface area contributed by atoms with Gasteiger partial charge in [-0.05, 0) is 30.9 Å². The highest BCUT2D eigenvalue weighted by atomic mass is 16.3. The topological polar surface area (TPSA) is 30.2 Å². The van der Waals surface area contributed by atoms with Gasteiger partial charge in [-0.15, -0.1) is 0 Å². The standard InChI is InChI=1S/C15H18O2/c1-8(2)12-7-6-9(3)14-13(12)10(4)15(17-14)11(5)16/h6-8H,1-5H3. The van der Waals surface area contributed by atoms with E-state index in [0.717, 1.165) is 22.1 Å². The fourth-order valence-electron chi connectivity index (χ4n) is 2.33. The number of hydrogen-bond donors (Lipinski definition) is 0. The lowest BCUT2D eigenvalue weighted by atomic mass is 9.95. The SMILES string of the molecule is CC(=O)c1oc2c(C)ccc(C(C)C)c2c1C. The number of ketones is 1. The minimum Gasteiger partial charge on any atom is -0.452 e. The molecule has 2 aromatic rings. The van der Waals surface area contributed by atoms with E-state index in [4.69, 9.17) is 4.42 Å². The number of carbonyl (C=O) groups excluding carboxylic acids is 1. The van der Waals surface area contributed by atoms with Gasteiger partial charge >= 0.3 is 0 Å². The van der Waals surface area contributed by atoms with Crippen LogP contribution in [0.1, 0.15) is 53.9 Å². The van der Waals surface area contributed by atoms with E-state index in [1.165, 1.54) is 5.56 Å². The summed E-state index contributed by atoms with van der Waals surface area (Å²) in [6.07, 6.45) is 0. The lowest BCUT2D eigenvalue weighted by molar-refractivity contribution is 0.0988. The van der Waals surface area contributed by atoms with Gasteiger partial charge < -0.3 is 4.42 Å². The molecule has 0 spiro atoms. The molecule has 90 valence electrons. The molecule has 0 unspecified atom stereocenters. The monoisotopic (exact) mass is 230 g/mol. The average molecular weight is 230 g/mol. The Hall–Kier alpha value is -1.57. The van der Waals surface area contributed by atoms with Crippen molar-refractivity contribution in [1.82, 2.24) is 0 Å². The molecule has 1 heterocycles. The number of rotatable bonds is 2. The molecule has 0 saturated carbocycles. The number of Topliss-reactive ketones (excluding diaryl/α,β-unsaturated/α-hetero) is 1. The van der Waals surface area contributed by atoms with Gasteiger partial charge in [0.25, 0.3) is 0 Å². The van der Waals surface area contributed by atoms with Gasteiger partial charge in [0, 0.05) is 17.9 Å². The van der Waals surface area contributed by atoms with Gasteiger partial charge in [0.15, 0.2) is 11.5 Å². The zero-order chi connectivity index (χ0) is 12.7. The normalized spacial score (nSPS) is 11.4. The summed E-state index contributed by atoms with van der Waals surface area (Å²) in [5.74, 6) is 0.915. The van der Waals surface area contributed by atoms with Crippen molar-refractivity contribution >= 4 is 16.8 Å². The maximum atomic E-state index is 11.5. The third-order valence-corrected chi connectivity index (χ3v) is 3.25. The highest BCUT2D eigenvalue weighted by molar-refractivity contribution is 6.00. The fourth-order valence-corrected chi connectivity index (χ4v) is 2.33. The molecule has 0 bridgehead atoms. The van der Waals surface area contributed by atoms with Gasteiger partial charge in [0.05, 0.1) is 0 Å². The van der Waals surface area contributed by atoms with E-state index in [2.05, 4.69) is 26.0 Å². The van der Waals surface area contributed by atoms with Crippen molar-refractivity contribution in [3.8, 4) is 0 Å². The minimum absolute atomic E-state index is 0.00666. The number of aryl methyl sites for hydroxylation is 2. The minimum atomic E-state index is -0.00666. The van der Waals surface area contributed by atoms with Crippen LogP contribution in [0, 0.1) is 13.8 Å². The maximum Gasteiger partial charge on any atom is 0.195 e. The van der Waals surface area contributed by atoms with E-state index in [-0.39, 0.29) is 5.78 Å². The first-order valence-corrected chi connectivity index (χ1v) is 5.97. The quantitative estimate of drug-likeness (QED) is 0.717. The van der Waals surface area contributed by atoms with E-state index in [1.54, 1.807) is 6.92 Å². The molecule has 2 rings (SSSR count). The molecule has 17 heavy (non-hydrogen) atoms. The molecule has 0 amide bonds. The second kappa shape index (κ2) is 4.02. The molecular formula is C15H18O2. The van der Waals surface area contributed by atoms with Crippen molar-refractivity contribution in [2.45, 2.75) is 40.5 Å². The molecule has 2 heteroatoms. The van der Waals surface area contributed by atoms with E-state index >= 15 is 0 Å². The predicted molar refractivity (Wildman–Crippen MR) is 69.8 cm³/mol. The number of carbonyl (C=O) groups is 1. The Morgan fingerprint density at radius 1 is 1.24 bits per heavy atom. The van der Waals surface area contributed by atoms with E-state index in [9.17, 15) is 4.79 Å². The van der Waals surface area contributed by atoms with Crippen LogP contribution in [0.25, 0.3) is 11.0 Å². The highest BCUT2D eigenvalue weighted by Gasteiger charge is 2.19. The average Bonchev–Trinajstić information content (AvgIpc) is 2.58. The summed E-state index contributed by atoms with van der Waals surface area (Å²) in [7, 11) is 0. The van der Waals surface area contributed by atoms with E-state index in [0.29, 0.717) is 11.7 Å². The Morgan fingerprint density at radius 3 is 2.41 bits per heavy atom. The van der Waals surface area contributed by atoms with Gasteiger partial charge in [0.1, 0.15) is 5.58 Å². The van der Waals surface area contributed by atoms with Crippen LogP contribution in [-0.2, 0) is 0 Å². The van der Waals surface area contributed by atoms with Crippen molar-refractivity contribution in [2.75, 3.05) is 0 Å². The smallest absolute Gasteiger partial charge is 0.195 e. The molecule has 1 aromatic heterocycles. The Bertz CT molecular complexity index is 588. The van der Waals surface area contributed by atoms with Crippen molar-refractivity contribution in [3.63, 3.8) is 0 Å². The number of hydrogen-bond acceptors (Lipinski definition) is 2. The molecule has 0 saturated heterocycles. The zero-order valence-electron chi connectivity index (χ0n) is 11.0. The van der Waals surface area contributed by atoms with Gasteiger partial charge in [-0.25, -0.2) is 0 Å². The lowest BCUT2D eigenvalue weighted by Crippen LogP contribution is -1.93. The van der Waals surface area contributed by atoms with E-state index in [1.807, 2.05) is 13.8 Å². The highest BCUT2D eigenvalue weighted by Crippen LogP contribution is 2.34. The largest absolute Gasteiger partial charge is 0.452 e.